The van der Waals surface area contributed by atoms with Crippen LogP contribution in [0.2, 0.25) is 0 Å². The molecule has 2 aromatic rings. The van der Waals surface area contributed by atoms with E-state index >= 15 is 0 Å². The number of methoxy groups -OCH3 is 1. The Kier molecular flexibility index (Phi) is 3.62. The van der Waals surface area contributed by atoms with E-state index in [2.05, 4.69) is 24.9 Å². The van der Waals surface area contributed by atoms with E-state index in [9.17, 15) is 4.79 Å². The Morgan fingerprint density at radius 3 is 2.95 bits per heavy atom. The van der Waals surface area contributed by atoms with E-state index in [0.29, 0.717) is 18.9 Å². The normalized spacial score (nSPS) is 14.6. The van der Waals surface area contributed by atoms with E-state index in [0.717, 1.165) is 24.2 Å². The monoisotopic (exact) mass is 286 g/mol. The number of carbonyl (C=O) groups is 1. The molecule has 21 heavy (non-hydrogen) atoms. The molecule has 0 spiro atoms. The molecule has 1 aliphatic heterocycles. The molecule has 4 heteroatoms. The summed E-state index contributed by atoms with van der Waals surface area (Å²) in [5.74, 6) is 1.52. The number of benzene rings is 1. The number of aromatic amines is 1. The van der Waals surface area contributed by atoms with Gasteiger partial charge < -0.3 is 14.6 Å². The molecule has 2 heterocycles. The Labute approximate surface area is 125 Å². The number of amides is 1. The van der Waals surface area contributed by atoms with Crippen molar-refractivity contribution in [3.63, 3.8) is 0 Å². The van der Waals surface area contributed by atoms with Crippen molar-refractivity contribution < 1.29 is 9.53 Å². The second-order valence-corrected chi connectivity index (χ2v) is 6.13. The van der Waals surface area contributed by atoms with Gasteiger partial charge in [-0.05, 0) is 12.0 Å². The van der Waals surface area contributed by atoms with Gasteiger partial charge in [0, 0.05) is 42.6 Å². The number of carbonyl (C=O) groups excluding carboxylic acids is 1. The first kappa shape index (κ1) is 14.0. The number of aromatic nitrogens is 1. The highest BCUT2D eigenvalue weighted by Gasteiger charge is 2.24. The largest absolute Gasteiger partial charge is 0.495 e. The predicted octanol–water partition coefficient (Wildman–Crippen LogP) is 3.11. The van der Waals surface area contributed by atoms with Crippen molar-refractivity contribution in [3.05, 3.63) is 29.5 Å². The molecule has 3 rings (SSSR count). The van der Waals surface area contributed by atoms with Crippen molar-refractivity contribution in [1.82, 2.24) is 9.88 Å². The van der Waals surface area contributed by atoms with Crippen LogP contribution in [0.1, 0.15) is 31.5 Å². The van der Waals surface area contributed by atoms with Gasteiger partial charge in [0.15, 0.2) is 0 Å². The van der Waals surface area contributed by atoms with Crippen LogP contribution in [0.15, 0.2) is 18.2 Å². The van der Waals surface area contributed by atoms with Gasteiger partial charge >= 0.3 is 0 Å². The van der Waals surface area contributed by atoms with Crippen LogP contribution < -0.4 is 4.74 Å². The van der Waals surface area contributed by atoms with Crippen molar-refractivity contribution in [1.29, 1.82) is 0 Å². The van der Waals surface area contributed by atoms with E-state index in [-0.39, 0.29) is 5.91 Å². The first-order chi connectivity index (χ1) is 10.1. The summed E-state index contributed by atoms with van der Waals surface area (Å²) in [6.07, 6.45) is 1.51. The van der Waals surface area contributed by atoms with Gasteiger partial charge in [0.2, 0.25) is 5.91 Å². The maximum Gasteiger partial charge on any atom is 0.223 e. The van der Waals surface area contributed by atoms with E-state index in [1.165, 1.54) is 16.6 Å². The third-order valence-electron chi connectivity index (χ3n) is 4.13. The van der Waals surface area contributed by atoms with Crippen molar-refractivity contribution in [2.45, 2.75) is 33.2 Å². The molecular formula is C17H22N2O2. The number of ether oxygens (including phenoxy) is 1. The molecule has 0 aliphatic carbocycles. The summed E-state index contributed by atoms with van der Waals surface area (Å²) in [6, 6.07) is 6.07. The first-order valence-corrected chi connectivity index (χ1v) is 7.54. The fraction of sp³-hybridized carbons (Fsp3) is 0.471. The van der Waals surface area contributed by atoms with Gasteiger partial charge in [-0.2, -0.15) is 0 Å². The zero-order chi connectivity index (χ0) is 15.0. The van der Waals surface area contributed by atoms with Crippen molar-refractivity contribution in [2.24, 2.45) is 5.92 Å². The average Bonchev–Trinajstić information content (AvgIpc) is 2.84. The summed E-state index contributed by atoms with van der Waals surface area (Å²) < 4.78 is 5.42. The van der Waals surface area contributed by atoms with Gasteiger partial charge in [0.05, 0.1) is 12.6 Å². The Morgan fingerprint density at radius 2 is 2.24 bits per heavy atom. The maximum atomic E-state index is 12.3. The molecular weight excluding hydrogens is 264 g/mol. The van der Waals surface area contributed by atoms with Crippen LogP contribution in [-0.4, -0.2) is 29.4 Å². The molecule has 112 valence electrons. The highest BCUT2D eigenvalue weighted by molar-refractivity contribution is 5.90. The van der Waals surface area contributed by atoms with Crippen LogP contribution >= 0.6 is 0 Å². The number of para-hydroxylation sites is 1. The van der Waals surface area contributed by atoms with Crippen molar-refractivity contribution in [3.8, 4) is 5.75 Å². The van der Waals surface area contributed by atoms with Crippen LogP contribution in [0.25, 0.3) is 10.9 Å². The average molecular weight is 286 g/mol. The molecule has 0 bridgehead atoms. The van der Waals surface area contributed by atoms with Crippen LogP contribution in [-0.2, 0) is 17.8 Å². The zero-order valence-corrected chi connectivity index (χ0v) is 12.9. The summed E-state index contributed by atoms with van der Waals surface area (Å²) in [6.45, 7) is 5.68. The van der Waals surface area contributed by atoms with Crippen molar-refractivity contribution in [2.75, 3.05) is 13.7 Å². The number of hydrogen-bond acceptors (Lipinski definition) is 2. The standard InChI is InChI=1S/C17H22N2O2/c1-11(2)9-16(20)19-8-7-14-13(10-19)12-5-4-6-15(21-3)17(12)18-14/h4-6,11,18H,7-10H2,1-3H3. The summed E-state index contributed by atoms with van der Waals surface area (Å²) in [7, 11) is 1.69. The molecule has 0 saturated carbocycles. The molecule has 4 nitrogen and oxygen atoms in total. The summed E-state index contributed by atoms with van der Waals surface area (Å²) in [4.78, 5) is 17.7. The maximum absolute atomic E-state index is 12.3. The van der Waals surface area contributed by atoms with Crippen LogP contribution in [0.5, 0.6) is 5.75 Å². The fourth-order valence-electron chi connectivity index (χ4n) is 3.07. The number of fused-ring (bicyclic) bond motifs is 3. The number of rotatable bonds is 3. The van der Waals surface area contributed by atoms with E-state index < -0.39 is 0 Å². The van der Waals surface area contributed by atoms with Gasteiger partial charge in [-0.25, -0.2) is 0 Å². The van der Waals surface area contributed by atoms with E-state index in [4.69, 9.17) is 4.74 Å². The second kappa shape index (κ2) is 5.43. The van der Waals surface area contributed by atoms with Crippen LogP contribution in [0.4, 0.5) is 0 Å². The van der Waals surface area contributed by atoms with E-state index in [1.807, 2.05) is 17.0 Å². The lowest BCUT2D eigenvalue weighted by Gasteiger charge is -2.28. The highest BCUT2D eigenvalue weighted by atomic mass is 16.5. The Bertz CT molecular complexity index is 673. The molecule has 0 saturated heterocycles. The van der Waals surface area contributed by atoms with Gasteiger partial charge in [-0.15, -0.1) is 0 Å². The number of hydrogen-bond donors (Lipinski definition) is 1. The summed E-state index contributed by atoms with van der Waals surface area (Å²) in [5.41, 5.74) is 3.53. The topological polar surface area (TPSA) is 45.3 Å². The highest BCUT2D eigenvalue weighted by Crippen LogP contribution is 2.33. The number of H-pyrrole nitrogens is 1. The minimum absolute atomic E-state index is 0.257. The summed E-state index contributed by atoms with van der Waals surface area (Å²) >= 11 is 0. The third kappa shape index (κ3) is 2.50. The third-order valence-corrected chi connectivity index (χ3v) is 4.13. The van der Waals surface area contributed by atoms with E-state index in [1.54, 1.807) is 7.11 Å². The van der Waals surface area contributed by atoms with Crippen molar-refractivity contribution >= 4 is 16.8 Å². The van der Waals surface area contributed by atoms with Crippen LogP contribution in [0.3, 0.4) is 0 Å². The minimum Gasteiger partial charge on any atom is -0.495 e. The molecule has 1 aromatic carbocycles. The zero-order valence-electron chi connectivity index (χ0n) is 12.9. The molecule has 1 aliphatic rings. The first-order valence-electron chi connectivity index (χ1n) is 7.54. The predicted molar refractivity (Wildman–Crippen MR) is 83.4 cm³/mol. The van der Waals surface area contributed by atoms with Crippen LogP contribution in [0, 0.1) is 5.92 Å². The van der Waals surface area contributed by atoms with Gasteiger partial charge in [0.25, 0.3) is 0 Å². The smallest absolute Gasteiger partial charge is 0.223 e. The lowest BCUT2D eigenvalue weighted by molar-refractivity contribution is -0.132. The fourth-order valence-corrected chi connectivity index (χ4v) is 3.07. The SMILES string of the molecule is COc1cccc2c3c([nH]c12)CCN(C(=O)CC(C)C)C3. The van der Waals surface area contributed by atoms with Gasteiger partial charge in [0.1, 0.15) is 5.75 Å². The molecule has 0 radical (unpaired) electrons. The number of nitrogens with one attached hydrogen (secondary N) is 1. The Balaban J connectivity index is 1.93. The second-order valence-electron chi connectivity index (χ2n) is 6.13. The minimum atomic E-state index is 0.257. The summed E-state index contributed by atoms with van der Waals surface area (Å²) in [5, 5.41) is 1.17. The molecule has 1 N–H and O–H groups in total. The van der Waals surface area contributed by atoms with Gasteiger partial charge in [-0.1, -0.05) is 26.0 Å². The number of nitrogens with zero attached hydrogens (tertiary/aromatic N) is 1. The lowest BCUT2D eigenvalue weighted by Crippen LogP contribution is -2.36. The molecule has 0 atom stereocenters. The lowest BCUT2D eigenvalue weighted by atomic mass is 10.0. The molecule has 1 aromatic heterocycles. The van der Waals surface area contributed by atoms with Gasteiger partial charge in [-0.3, -0.25) is 4.79 Å². The molecule has 0 unspecified atom stereocenters. The molecule has 0 fully saturated rings. The molecule has 1 amide bonds. The quantitative estimate of drug-likeness (QED) is 0.942. The Hall–Kier alpha value is -1.97. The Morgan fingerprint density at radius 1 is 1.43 bits per heavy atom.